The van der Waals surface area contributed by atoms with Crippen molar-refractivity contribution in [3.63, 3.8) is 0 Å². The first-order valence-corrected chi connectivity index (χ1v) is 9.59. The quantitative estimate of drug-likeness (QED) is 0.247. The molecule has 1 aliphatic rings. The van der Waals surface area contributed by atoms with E-state index in [9.17, 15) is 4.79 Å². The van der Waals surface area contributed by atoms with E-state index in [1.54, 1.807) is 23.2 Å². The number of hydrogen-bond donors (Lipinski definition) is 3. The highest BCUT2D eigenvalue weighted by molar-refractivity contribution is 7.17. The van der Waals surface area contributed by atoms with Crippen LogP contribution in [0.1, 0.15) is 34.1 Å². The fourth-order valence-electron chi connectivity index (χ4n) is 3.01. The number of amides is 1. The minimum atomic E-state index is 0.227. The molecule has 2 heterocycles. The minimum absolute atomic E-state index is 0.227. The van der Waals surface area contributed by atoms with Crippen LogP contribution in [0.2, 0.25) is 0 Å². The van der Waals surface area contributed by atoms with Crippen LogP contribution in [0.4, 0.5) is 5.00 Å². The molecule has 1 aromatic carbocycles. The number of hydrogen-bond acceptors (Lipinski definition) is 5. The van der Waals surface area contributed by atoms with Gasteiger partial charge in [-0.15, -0.1) is 11.3 Å². The number of nitrogens with one attached hydrogen (secondary N) is 3. The average molecular weight is 392 g/mol. The zero-order chi connectivity index (χ0) is 20.3. The molecule has 2 aromatic rings. The summed E-state index contributed by atoms with van der Waals surface area (Å²) in [4.78, 5) is 17.8. The Labute approximate surface area is 168 Å². The Bertz CT molecular complexity index is 1040. The molecule has 3 N–H and O–H groups in total. The predicted octanol–water partition coefficient (Wildman–Crippen LogP) is 3.09. The molecule has 1 amide bonds. The molecule has 0 fully saturated rings. The molecular weight excluding hydrogens is 370 g/mol. The van der Waals surface area contributed by atoms with Crippen molar-refractivity contribution in [3.8, 4) is 11.8 Å². The third kappa shape index (κ3) is 3.73. The van der Waals surface area contributed by atoms with Crippen molar-refractivity contribution in [2.75, 3.05) is 18.0 Å². The van der Waals surface area contributed by atoms with Gasteiger partial charge in [-0.05, 0) is 38.5 Å². The molecule has 0 atom stereocenters. The SMILES string of the molecule is CC(=N)N1C(=N)CN=C(c2ccc(C#CCNC=O)cc2)c2c1sc(C)c2C. The van der Waals surface area contributed by atoms with Crippen molar-refractivity contribution in [2.45, 2.75) is 20.8 Å². The van der Waals surface area contributed by atoms with Crippen molar-refractivity contribution >= 4 is 40.1 Å². The van der Waals surface area contributed by atoms with Crippen LogP contribution in [0.15, 0.2) is 29.3 Å². The second-order valence-electron chi connectivity index (χ2n) is 6.37. The zero-order valence-corrected chi connectivity index (χ0v) is 16.8. The van der Waals surface area contributed by atoms with Gasteiger partial charge in [0.15, 0.2) is 0 Å². The molecular formula is C21H21N5OS. The van der Waals surface area contributed by atoms with Crippen molar-refractivity contribution in [3.05, 3.63) is 51.4 Å². The Morgan fingerprint density at radius 1 is 1.36 bits per heavy atom. The first-order chi connectivity index (χ1) is 13.4. The number of carbonyl (C=O) groups excluding carboxylic acids is 1. The van der Waals surface area contributed by atoms with E-state index in [2.05, 4.69) is 31.0 Å². The summed E-state index contributed by atoms with van der Waals surface area (Å²) < 4.78 is 0. The van der Waals surface area contributed by atoms with Gasteiger partial charge in [0.1, 0.15) is 16.7 Å². The molecule has 1 aliphatic heterocycles. The predicted molar refractivity (Wildman–Crippen MR) is 115 cm³/mol. The van der Waals surface area contributed by atoms with E-state index in [4.69, 9.17) is 15.8 Å². The Morgan fingerprint density at radius 3 is 2.71 bits per heavy atom. The highest BCUT2D eigenvalue weighted by atomic mass is 32.1. The van der Waals surface area contributed by atoms with Gasteiger partial charge in [0.05, 0.1) is 18.8 Å². The summed E-state index contributed by atoms with van der Waals surface area (Å²) in [5.74, 6) is 6.51. The molecule has 0 unspecified atom stereocenters. The van der Waals surface area contributed by atoms with E-state index in [0.29, 0.717) is 24.6 Å². The average Bonchev–Trinajstić information content (AvgIpc) is 2.86. The van der Waals surface area contributed by atoms with Gasteiger partial charge in [0, 0.05) is 21.6 Å². The summed E-state index contributed by atoms with van der Waals surface area (Å²) in [5, 5.41) is 19.9. The first kappa shape index (κ1) is 19.5. The molecule has 7 heteroatoms. The normalized spacial score (nSPS) is 13.0. The Balaban J connectivity index is 2.03. The number of carbonyl (C=O) groups is 1. The molecule has 142 valence electrons. The van der Waals surface area contributed by atoms with Crippen LogP contribution in [0.25, 0.3) is 0 Å². The van der Waals surface area contributed by atoms with E-state index in [-0.39, 0.29) is 6.54 Å². The smallest absolute Gasteiger partial charge is 0.207 e. The summed E-state index contributed by atoms with van der Waals surface area (Å²) in [6, 6.07) is 7.80. The maximum atomic E-state index is 10.3. The van der Waals surface area contributed by atoms with Crippen molar-refractivity contribution in [1.82, 2.24) is 5.32 Å². The summed E-state index contributed by atoms with van der Waals surface area (Å²) in [5.41, 5.74) is 4.77. The van der Waals surface area contributed by atoms with Crippen LogP contribution in [0, 0.1) is 36.5 Å². The Kier molecular flexibility index (Phi) is 5.71. The van der Waals surface area contributed by atoms with Crippen molar-refractivity contribution in [1.29, 1.82) is 10.8 Å². The van der Waals surface area contributed by atoms with Crippen molar-refractivity contribution < 1.29 is 4.79 Å². The summed E-state index contributed by atoms with van der Waals surface area (Å²) in [6.45, 7) is 6.35. The lowest BCUT2D eigenvalue weighted by atomic mass is 9.99. The lowest BCUT2D eigenvalue weighted by Gasteiger charge is -2.21. The topological polar surface area (TPSA) is 92.4 Å². The molecule has 0 radical (unpaired) electrons. The summed E-state index contributed by atoms with van der Waals surface area (Å²) >= 11 is 1.59. The first-order valence-electron chi connectivity index (χ1n) is 8.78. The van der Waals surface area contributed by atoms with Gasteiger partial charge in [-0.25, -0.2) is 0 Å². The van der Waals surface area contributed by atoms with E-state index >= 15 is 0 Å². The highest BCUT2D eigenvalue weighted by Crippen LogP contribution is 2.38. The molecule has 28 heavy (non-hydrogen) atoms. The maximum Gasteiger partial charge on any atom is 0.207 e. The zero-order valence-electron chi connectivity index (χ0n) is 16.0. The number of fused-ring (bicyclic) bond motifs is 1. The van der Waals surface area contributed by atoms with Crippen LogP contribution in [0.5, 0.6) is 0 Å². The van der Waals surface area contributed by atoms with Crippen LogP contribution < -0.4 is 10.2 Å². The highest BCUT2D eigenvalue weighted by Gasteiger charge is 2.28. The Hall–Kier alpha value is -3.24. The summed E-state index contributed by atoms with van der Waals surface area (Å²) in [7, 11) is 0. The second-order valence-corrected chi connectivity index (χ2v) is 7.58. The van der Waals surface area contributed by atoms with Gasteiger partial charge in [0.25, 0.3) is 0 Å². The largest absolute Gasteiger partial charge is 0.348 e. The van der Waals surface area contributed by atoms with Gasteiger partial charge < -0.3 is 5.32 Å². The number of amidine groups is 2. The molecule has 0 saturated carbocycles. The number of rotatable bonds is 3. The number of aliphatic imine (C=N–C) groups is 1. The maximum absolute atomic E-state index is 10.3. The number of aryl methyl sites for hydroxylation is 1. The number of nitrogens with zero attached hydrogens (tertiary/aromatic N) is 2. The van der Waals surface area contributed by atoms with Gasteiger partial charge in [-0.1, -0.05) is 24.0 Å². The third-order valence-corrected chi connectivity index (χ3v) is 5.66. The molecule has 3 rings (SSSR count). The number of benzene rings is 1. The lowest BCUT2D eigenvalue weighted by Crippen LogP contribution is -2.35. The van der Waals surface area contributed by atoms with Crippen LogP contribution in [-0.4, -0.2) is 36.9 Å². The van der Waals surface area contributed by atoms with Gasteiger partial charge in [0.2, 0.25) is 6.41 Å². The molecule has 0 aliphatic carbocycles. The van der Waals surface area contributed by atoms with Gasteiger partial charge >= 0.3 is 0 Å². The fraction of sp³-hybridized carbons (Fsp3) is 0.238. The van der Waals surface area contributed by atoms with E-state index < -0.39 is 0 Å². The standard InChI is InChI=1S/C21H21N5OS/c1-13-14(2)28-21-19(13)20(25-11-18(23)26(21)15(3)22)17-8-6-16(7-9-17)5-4-10-24-12-27/h6-9,12,22-23H,10-11H2,1-3H3,(H,24,27). The van der Waals surface area contributed by atoms with E-state index in [1.807, 2.05) is 24.3 Å². The van der Waals surface area contributed by atoms with Gasteiger partial charge in [-0.2, -0.15) is 0 Å². The fourth-order valence-corrected chi connectivity index (χ4v) is 4.25. The van der Waals surface area contributed by atoms with Gasteiger partial charge in [-0.3, -0.25) is 25.5 Å². The molecule has 0 bridgehead atoms. The third-order valence-electron chi connectivity index (χ3n) is 4.46. The molecule has 0 saturated heterocycles. The van der Waals surface area contributed by atoms with Crippen LogP contribution in [-0.2, 0) is 4.79 Å². The number of thiophene rings is 1. The molecule has 6 nitrogen and oxygen atoms in total. The summed E-state index contributed by atoms with van der Waals surface area (Å²) in [6.07, 6.45) is 0.627. The van der Waals surface area contributed by atoms with Crippen LogP contribution in [0.3, 0.4) is 0 Å². The monoisotopic (exact) mass is 391 g/mol. The minimum Gasteiger partial charge on any atom is -0.348 e. The lowest BCUT2D eigenvalue weighted by molar-refractivity contribution is -0.109. The molecule has 0 spiro atoms. The molecule has 1 aromatic heterocycles. The number of anilines is 1. The van der Waals surface area contributed by atoms with E-state index in [0.717, 1.165) is 37.8 Å². The van der Waals surface area contributed by atoms with E-state index in [1.165, 1.54) is 0 Å². The van der Waals surface area contributed by atoms with Crippen molar-refractivity contribution in [2.24, 2.45) is 4.99 Å². The van der Waals surface area contributed by atoms with Crippen LogP contribution >= 0.6 is 11.3 Å². The second kappa shape index (κ2) is 8.19. The Morgan fingerprint density at radius 2 is 2.07 bits per heavy atom.